The summed E-state index contributed by atoms with van der Waals surface area (Å²) in [5, 5.41) is 0. The van der Waals surface area contributed by atoms with Crippen molar-refractivity contribution in [1.29, 1.82) is 0 Å². The number of nitrogens with zero attached hydrogens (tertiary/aromatic N) is 1. The fourth-order valence-electron chi connectivity index (χ4n) is 5.30. The van der Waals surface area contributed by atoms with Crippen molar-refractivity contribution >= 4 is 5.97 Å². The van der Waals surface area contributed by atoms with Gasteiger partial charge in [-0.05, 0) is 60.7 Å². The largest absolute Gasteiger partial charge is 0.489 e. The van der Waals surface area contributed by atoms with Gasteiger partial charge in [0, 0.05) is 30.2 Å². The van der Waals surface area contributed by atoms with Gasteiger partial charge in [-0.3, -0.25) is 9.78 Å². The Balaban J connectivity index is 1.34. The molecule has 0 saturated carbocycles. The van der Waals surface area contributed by atoms with Gasteiger partial charge in [0.05, 0.1) is 38.9 Å². The van der Waals surface area contributed by atoms with Gasteiger partial charge in [0.1, 0.15) is 29.5 Å². The number of fused-ring (bicyclic) bond motifs is 1. The second-order valence-electron chi connectivity index (χ2n) is 9.77. The summed E-state index contributed by atoms with van der Waals surface area (Å²) in [5.41, 5.74) is 4.28. The van der Waals surface area contributed by atoms with Crippen LogP contribution in [0.2, 0.25) is 0 Å². The number of halogens is 1. The van der Waals surface area contributed by atoms with Crippen molar-refractivity contribution in [2.75, 3.05) is 20.3 Å². The normalized spacial score (nSPS) is 17.5. The molecule has 1 aromatic heterocycles. The lowest BCUT2D eigenvalue weighted by Gasteiger charge is -2.23. The van der Waals surface area contributed by atoms with E-state index in [1.54, 1.807) is 19.3 Å². The van der Waals surface area contributed by atoms with Gasteiger partial charge >= 0.3 is 5.97 Å². The number of rotatable bonds is 8. The first-order valence-electron chi connectivity index (χ1n) is 13.3. The summed E-state index contributed by atoms with van der Waals surface area (Å²) < 4.78 is 37.8. The molecule has 0 radical (unpaired) electrons. The molecule has 0 bridgehead atoms. The van der Waals surface area contributed by atoms with Gasteiger partial charge in [0.15, 0.2) is 0 Å². The van der Waals surface area contributed by atoms with Crippen molar-refractivity contribution in [3.8, 4) is 34.5 Å². The minimum atomic E-state index is -0.401. The van der Waals surface area contributed by atoms with E-state index >= 15 is 4.39 Å². The monoisotopic (exact) mass is 529 g/mol. The van der Waals surface area contributed by atoms with Crippen LogP contribution in [-0.2, 0) is 20.7 Å². The van der Waals surface area contributed by atoms with Crippen molar-refractivity contribution in [3.05, 3.63) is 77.4 Å². The summed E-state index contributed by atoms with van der Waals surface area (Å²) in [7, 11) is 1.37. The Morgan fingerprint density at radius 3 is 2.62 bits per heavy atom. The van der Waals surface area contributed by atoms with E-state index in [1.807, 2.05) is 36.4 Å². The highest BCUT2D eigenvalue weighted by atomic mass is 19.1. The van der Waals surface area contributed by atoms with E-state index in [0.29, 0.717) is 43.1 Å². The summed E-state index contributed by atoms with van der Waals surface area (Å²) in [5.74, 6) is 6.45. The molecule has 1 aliphatic carbocycles. The molecule has 202 valence electrons. The van der Waals surface area contributed by atoms with Crippen molar-refractivity contribution in [1.82, 2.24) is 4.98 Å². The number of benzene rings is 2. The van der Waals surface area contributed by atoms with Crippen LogP contribution in [0, 0.1) is 17.7 Å². The van der Waals surface area contributed by atoms with Crippen LogP contribution in [-0.4, -0.2) is 37.4 Å². The van der Waals surface area contributed by atoms with Crippen LogP contribution >= 0.6 is 0 Å². The van der Waals surface area contributed by atoms with Crippen molar-refractivity contribution in [3.63, 3.8) is 0 Å². The minimum absolute atomic E-state index is 0.115. The first-order chi connectivity index (χ1) is 19.1. The average Bonchev–Trinajstić information content (AvgIpc) is 3.38. The Hall–Kier alpha value is -3.89. The van der Waals surface area contributed by atoms with Crippen LogP contribution in [0.15, 0.2) is 54.9 Å². The highest BCUT2D eigenvalue weighted by Gasteiger charge is 2.30. The molecule has 1 unspecified atom stereocenters. The zero-order valence-corrected chi connectivity index (χ0v) is 22.2. The molecule has 2 aromatic carbocycles. The van der Waals surface area contributed by atoms with Crippen LogP contribution in [0.25, 0.3) is 11.1 Å². The number of hydrogen-bond acceptors (Lipinski definition) is 6. The number of esters is 1. The lowest BCUT2D eigenvalue weighted by atomic mass is 9.96. The zero-order chi connectivity index (χ0) is 27.2. The summed E-state index contributed by atoms with van der Waals surface area (Å²) >= 11 is 0. The topological polar surface area (TPSA) is 66.9 Å². The smallest absolute Gasteiger partial charge is 0.307 e. The molecule has 5 rings (SSSR count). The number of hydrogen-bond donors (Lipinski definition) is 0. The first kappa shape index (κ1) is 26.7. The van der Waals surface area contributed by atoms with Gasteiger partial charge in [-0.25, -0.2) is 4.39 Å². The molecule has 3 aromatic rings. The molecular weight excluding hydrogens is 497 g/mol. The molecule has 0 amide bonds. The molecule has 1 saturated heterocycles. The Labute approximate surface area is 228 Å². The fraction of sp³-hybridized carbons (Fsp3) is 0.375. The lowest BCUT2D eigenvalue weighted by molar-refractivity contribution is -0.140. The van der Waals surface area contributed by atoms with E-state index in [0.717, 1.165) is 35.1 Å². The van der Waals surface area contributed by atoms with Gasteiger partial charge in [-0.2, -0.15) is 0 Å². The van der Waals surface area contributed by atoms with E-state index in [2.05, 4.69) is 16.8 Å². The summed E-state index contributed by atoms with van der Waals surface area (Å²) in [6.07, 6.45) is 6.48. The predicted octanol–water partition coefficient (Wildman–Crippen LogP) is 6.18. The Bertz CT molecular complexity index is 1370. The maximum atomic E-state index is 15.1. The number of pyridine rings is 1. The minimum Gasteiger partial charge on any atom is -0.489 e. The number of carbonyl (C=O) groups is 1. The Morgan fingerprint density at radius 1 is 1.08 bits per heavy atom. The molecule has 39 heavy (non-hydrogen) atoms. The SMILES string of the molecule is CC#CC(CC(=O)OC)c1ccc(O[C@@H]2CCc3c(-c4cncc(OC5CCOCC5)c4)ccc(F)c32)cc1. The number of aromatic nitrogens is 1. The van der Waals surface area contributed by atoms with Crippen LogP contribution in [0.1, 0.15) is 61.3 Å². The second-order valence-corrected chi connectivity index (χ2v) is 9.77. The maximum absolute atomic E-state index is 15.1. The Kier molecular flexibility index (Phi) is 8.43. The zero-order valence-electron chi connectivity index (χ0n) is 22.2. The van der Waals surface area contributed by atoms with Gasteiger partial charge in [0.2, 0.25) is 0 Å². The van der Waals surface area contributed by atoms with E-state index in [4.69, 9.17) is 18.9 Å². The standard InChI is InChI=1S/C32H32FNO5/c1-3-4-22(18-31(35)36-2)21-5-7-24(8-6-21)39-30-12-10-28-27(9-11-29(33)32(28)30)23-17-26(20-34-19-23)38-25-13-15-37-16-14-25/h5-9,11,17,19-20,22,25,30H,10,12-16,18H2,1-2H3/t22?,30-/m1/s1. The molecule has 0 spiro atoms. The first-order valence-corrected chi connectivity index (χ1v) is 13.3. The summed E-state index contributed by atoms with van der Waals surface area (Å²) in [4.78, 5) is 16.2. The van der Waals surface area contributed by atoms with Gasteiger partial charge in [-0.1, -0.05) is 24.1 Å². The fourth-order valence-corrected chi connectivity index (χ4v) is 5.30. The van der Waals surface area contributed by atoms with Crippen LogP contribution in [0.3, 0.4) is 0 Å². The van der Waals surface area contributed by atoms with Gasteiger partial charge < -0.3 is 18.9 Å². The van der Waals surface area contributed by atoms with Crippen LogP contribution in [0.4, 0.5) is 4.39 Å². The molecule has 1 aliphatic heterocycles. The highest BCUT2D eigenvalue weighted by molar-refractivity contribution is 5.71. The quantitative estimate of drug-likeness (QED) is 0.256. The third-order valence-electron chi connectivity index (χ3n) is 7.26. The van der Waals surface area contributed by atoms with Crippen molar-refractivity contribution in [2.45, 2.75) is 57.2 Å². The van der Waals surface area contributed by atoms with Crippen molar-refractivity contribution in [2.24, 2.45) is 0 Å². The van der Waals surface area contributed by atoms with Crippen molar-refractivity contribution < 1.29 is 28.1 Å². The second kappa shape index (κ2) is 12.3. The van der Waals surface area contributed by atoms with E-state index in [-0.39, 0.29) is 30.2 Å². The number of carbonyl (C=O) groups excluding carboxylic acids is 1. The summed E-state index contributed by atoms with van der Waals surface area (Å²) in [6, 6.07) is 12.8. The maximum Gasteiger partial charge on any atom is 0.307 e. The lowest BCUT2D eigenvalue weighted by Crippen LogP contribution is -2.25. The van der Waals surface area contributed by atoms with E-state index < -0.39 is 6.10 Å². The average molecular weight is 530 g/mol. The molecule has 2 aliphatic rings. The molecule has 2 atom stereocenters. The number of methoxy groups -OCH3 is 1. The van der Waals surface area contributed by atoms with Gasteiger partial charge in [0.25, 0.3) is 0 Å². The molecular formula is C32H32FNO5. The predicted molar refractivity (Wildman–Crippen MR) is 145 cm³/mol. The van der Waals surface area contributed by atoms with Gasteiger partial charge in [-0.15, -0.1) is 5.92 Å². The third kappa shape index (κ3) is 6.23. The number of ether oxygens (including phenoxy) is 4. The van der Waals surface area contributed by atoms with Crippen LogP contribution in [0.5, 0.6) is 11.5 Å². The molecule has 1 fully saturated rings. The molecule has 2 heterocycles. The Morgan fingerprint density at radius 2 is 1.87 bits per heavy atom. The third-order valence-corrected chi connectivity index (χ3v) is 7.26. The van der Waals surface area contributed by atoms with E-state index in [1.165, 1.54) is 13.2 Å². The van der Waals surface area contributed by atoms with Crippen LogP contribution < -0.4 is 9.47 Å². The molecule has 6 nitrogen and oxygen atoms in total. The highest BCUT2D eigenvalue weighted by Crippen LogP contribution is 2.42. The molecule has 7 heteroatoms. The van der Waals surface area contributed by atoms with E-state index in [9.17, 15) is 4.79 Å². The molecule has 0 N–H and O–H groups in total. The summed E-state index contributed by atoms with van der Waals surface area (Å²) in [6.45, 7) is 3.15.